The number of nitrogens with zero attached hydrogens (tertiary/aromatic N) is 1. The number of benzene rings is 1. The van der Waals surface area contributed by atoms with Crippen LogP contribution in [0, 0.1) is 17.2 Å². The van der Waals surface area contributed by atoms with Gasteiger partial charge in [0.15, 0.2) is 11.5 Å². The monoisotopic (exact) mass is 339 g/mol. The van der Waals surface area contributed by atoms with E-state index in [1.54, 1.807) is 19.1 Å². The van der Waals surface area contributed by atoms with Gasteiger partial charge in [-0.15, -0.1) is 0 Å². The van der Waals surface area contributed by atoms with Crippen LogP contribution in [-0.2, 0) is 4.79 Å². The summed E-state index contributed by atoms with van der Waals surface area (Å²) in [6, 6.07) is 5.39. The number of carbonyl (C=O) groups is 1. The molecule has 0 saturated heterocycles. The van der Waals surface area contributed by atoms with Crippen molar-refractivity contribution in [2.24, 2.45) is 5.92 Å². The second-order valence-corrected chi connectivity index (χ2v) is 5.96. The van der Waals surface area contributed by atoms with Crippen LogP contribution in [0.4, 0.5) is 5.69 Å². The maximum absolute atomic E-state index is 12.1. The normalized spacial score (nSPS) is 13.0. The van der Waals surface area contributed by atoms with E-state index in [-0.39, 0.29) is 18.4 Å². The van der Waals surface area contributed by atoms with Gasteiger partial charge in [-0.25, -0.2) is 0 Å². The molecule has 1 unspecified atom stereocenters. The van der Waals surface area contributed by atoms with Crippen LogP contribution in [-0.4, -0.2) is 32.2 Å². The molecule has 7 heteroatoms. The number of nitrogens with one attached hydrogen (secondary N) is 2. The third-order valence-corrected chi connectivity index (χ3v) is 4.01. The molecule has 6 nitrogen and oxygen atoms in total. The van der Waals surface area contributed by atoms with Gasteiger partial charge in [-0.1, -0.05) is 25.4 Å². The quantitative estimate of drug-likeness (QED) is 0.798. The Kier molecular flexibility index (Phi) is 6.52. The zero-order valence-corrected chi connectivity index (χ0v) is 14.7. The molecule has 1 aromatic carbocycles. The van der Waals surface area contributed by atoms with Gasteiger partial charge in [0.2, 0.25) is 5.91 Å². The van der Waals surface area contributed by atoms with E-state index in [1.165, 1.54) is 14.2 Å². The summed E-state index contributed by atoms with van der Waals surface area (Å²) in [7, 11) is 3.03. The summed E-state index contributed by atoms with van der Waals surface area (Å²) in [6.07, 6.45) is 0. The third-order valence-electron chi connectivity index (χ3n) is 3.70. The largest absolute Gasteiger partial charge is 0.493 e. The topological polar surface area (TPSA) is 83.4 Å². The van der Waals surface area contributed by atoms with Crippen molar-refractivity contribution in [1.29, 1.82) is 5.26 Å². The number of ether oxygens (including phenoxy) is 2. The Balaban J connectivity index is 2.79. The molecule has 0 aromatic heterocycles. The highest BCUT2D eigenvalue weighted by molar-refractivity contribution is 6.33. The van der Waals surface area contributed by atoms with E-state index in [1.807, 2.05) is 13.8 Å². The van der Waals surface area contributed by atoms with E-state index < -0.39 is 5.54 Å². The average Bonchev–Trinajstić information content (AvgIpc) is 2.52. The van der Waals surface area contributed by atoms with Gasteiger partial charge in [-0.05, 0) is 12.8 Å². The molecule has 1 amide bonds. The molecule has 126 valence electrons. The fourth-order valence-corrected chi connectivity index (χ4v) is 2.02. The van der Waals surface area contributed by atoms with E-state index in [4.69, 9.17) is 21.1 Å². The molecule has 0 radical (unpaired) electrons. The summed E-state index contributed by atoms with van der Waals surface area (Å²) in [4.78, 5) is 12.1. The van der Waals surface area contributed by atoms with Crippen LogP contribution in [0.3, 0.4) is 0 Å². The van der Waals surface area contributed by atoms with Gasteiger partial charge >= 0.3 is 0 Å². The maximum atomic E-state index is 12.1. The summed E-state index contributed by atoms with van der Waals surface area (Å²) < 4.78 is 10.4. The lowest BCUT2D eigenvalue weighted by molar-refractivity contribution is -0.121. The fraction of sp³-hybridized carbons (Fsp3) is 0.500. The van der Waals surface area contributed by atoms with E-state index in [9.17, 15) is 10.1 Å². The van der Waals surface area contributed by atoms with Gasteiger partial charge < -0.3 is 20.1 Å². The van der Waals surface area contributed by atoms with Gasteiger partial charge in [-0.3, -0.25) is 4.79 Å². The van der Waals surface area contributed by atoms with Crippen LogP contribution in [0.15, 0.2) is 12.1 Å². The predicted molar refractivity (Wildman–Crippen MR) is 90.0 cm³/mol. The molecule has 1 rings (SSSR count). The summed E-state index contributed by atoms with van der Waals surface area (Å²) in [5.41, 5.74) is -0.372. The molecule has 23 heavy (non-hydrogen) atoms. The summed E-state index contributed by atoms with van der Waals surface area (Å²) in [6.45, 7) is 5.43. The lowest BCUT2D eigenvalue weighted by atomic mass is 9.90. The fourth-order valence-electron chi connectivity index (χ4n) is 1.80. The van der Waals surface area contributed by atoms with Gasteiger partial charge in [0.1, 0.15) is 5.54 Å². The molecule has 0 aliphatic heterocycles. The number of nitriles is 1. The summed E-state index contributed by atoms with van der Waals surface area (Å²) in [5, 5.41) is 15.3. The number of rotatable bonds is 7. The van der Waals surface area contributed by atoms with Gasteiger partial charge in [0.05, 0.1) is 37.5 Å². The average molecular weight is 340 g/mol. The smallest absolute Gasteiger partial charge is 0.240 e. The van der Waals surface area contributed by atoms with Crippen LogP contribution in [0.2, 0.25) is 5.02 Å². The molecule has 2 N–H and O–H groups in total. The number of anilines is 1. The molecular weight excluding hydrogens is 318 g/mol. The SMILES string of the molecule is COc1cc(Cl)c(NCC(=O)NC(C)(C#N)C(C)C)cc1OC. The molecular formula is C16H22ClN3O3. The van der Waals surface area contributed by atoms with Crippen LogP contribution in [0.1, 0.15) is 20.8 Å². The molecule has 0 bridgehead atoms. The van der Waals surface area contributed by atoms with Crippen molar-refractivity contribution in [2.75, 3.05) is 26.1 Å². The Morgan fingerprint density at radius 1 is 1.35 bits per heavy atom. The van der Waals surface area contributed by atoms with Gasteiger partial charge in [-0.2, -0.15) is 5.26 Å². The van der Waals surface area contributed by atoms with Crippen LogP contribution in [0.25, 0.3) is 0 Å². The second kappa shape index (κ2) is 7.93. The number of carbonyl (C=O) groups excluding carboxylic acids is 1. The molecule has 0 spiro atoms. The number of hydrogen-bond acceptors (Lipinski definition) is 5. The van der Waals surface area contributed by atoms with E-state index in [0.29, 0.717) is 22.2 Å². The van der Waals surface area contributed by atoms with E-state index >= 15 is 0 Å². The van der Waals surface area contributed by atoms with Crippen LogP contribution in [0.5, 0.6) is 11.5 Å². The van der Waals surface area contributed by atoms with Crippen molar-refractivity contribution in [1.82, 2.24) is 5.32 Å². The number of halogens is 1. The van der Waals surface area contributed by atoms with Crippen molar-refractivity contribution >= 4 is 23.2 Å². The van der Waals surface area contributed by atoms with E-state index in [0.717, 1.165) is 0 Å². The molecule has 1 aromatic rings. The van der Waals surface area contributed by atoms with Crippen molar-refractivity contribution in [3.05, 3.63) is 17.2 Å². The first-order valence-corrected chi connectivity index (χ1v) is 7.52. The Labute approximate surface area is 141 Å². The molecule has 0 aliphatic rings. The first-order chi connectivity index (χ1) is 10.8. The highest BCUT2D eigenvalue weighted by Gasteiger charge is 2.29. The molecule has 0 saturated carbocycles. The van der Waals surface area contributed by atoms with E-state index in [2.05, 4.69) is 16.7 Å². The Morgan fingerprint density at radius 3 is 2.39 bits per heavy atom. The summed E-state index contributed by atoms with van der Waals surface area (Å²) in [5.74, 6) is 0.697. The zero-order valence-electron chi connectivity index (χ0n) is 14.0. The van der Waals surface area contributed by atoms with Crippen molar-refractivity contribution in [3.8, 4) is 17.6 Å². The molecule has 0 heterocycles. The third kappa shape index (κ3) is 4.67. The first-order valence-electron chi connectivity index (χ1n) is 7.15. The first kappa shape index (κ1) is 18.9. The minimum Gasteiger partial charge on any atom is -0.493 e. The maximum Gasteiger partial charge on any atom is 0.240 e. The number of methoxy groups -OCH3 is 2. The molecule has 1 atom stereocenters. The second-order valence-electron chi connectivity index (χ2n) is 5.56. The number of hydrogen-bond donors (Lipinski definition) is 2. The Morgan fingerprint density at radius 2 is 1.91 bits per heavy atom. The van der Waals surface area contributed by atoms with Crippen molar-refractivity contribution < 1.29 is 14.3 Å². The molecule has 0 fully saturated rings. The standard InChI is InChI=1S/C16H22ClN3O3/c1-10(2)16(3,9-18)20-15(21)8-19-12-7-14(23-5)13(22-4)6-11(12)17/h6-7,10,19H,8H2,1-5H3,(H,20,21). The lowest BCUT2D eigenvalue weighted by Gasteiger charge is -2.27. The van der Waals surface area contributed by atoms with Crippen molar-refractivity contribution in [3.63, 3.8) is 0 Å². The van der Waals surface area contributed by atoms with Crippen LogP contribution < -0.4 is 20.1 Å². The van der Waals surface area contributed by atoms with Crippen molar-refractivity contribution in [2.45, 2.75) is 26.3 Å². The number of amides is 1. The van der Waals surface area contributed by atoms with Gasteiger partial charge in [0, 0.05) is 12.1 Å². The minimum absolute atomic E-state index is 0.0129. The highest BCUT2D eigenvalue weighted by atomic mass is 35.5. The van der Waals surface area contributed by atoms with Gasteiger partial charge in [0.25, 0.3) is 0 Å². The predicted octanol–water partition coefficient (Wildman–Crippen LogP) is 2.82. The minimum atomic E-state index is -0.917. The molecule has 0 aliphatic carbocycles. The van der Waals surface area contributed by atoms with Crippen LogP contribution >= 0.6 is 11.6 Å². The summed E-state index contributed by atoms with van der Waals surface area (Å²) >= 11 is 6.15. The Bertz CT molecular complexity index is 613. The highest BCUT2D eigenvalue weighted by Crippen LogP contribution is 2.35. The zero-order chi connectivity index (χ0) is 17.6. The Hall–Kier alpha value is -2.13. The lowest BCUT2D eigenvalue weighted by Crippen LogP contribution is -2.50.